The molecule has 4 rings (SSSR count). The van der Waals surface area contributed by atoms with Crippen molar-refractivity contribution in [3.8, 4) is 0 Å². The largest absolute Gasteiger partial charge is 0.369 e. The number of pyridine rings is 1. The average Bonchev–Trinajstić information content (AvgIpc) is 3.10. The molecule has 24 heavy (non-hydrogen) atoms. The molecule has 3 aromatic rings. The van der Waals surface area contributed by atoms with Crippen molar-refractivity contribution >= 4 is 16.6 Å². The van der Waals surface area contributed by atoms with Crippen molar-refractivity contribution in [1.82, 2.24) is 14.5 Å². The van der Waals surface area contributed by atoms with E-state index in [0.717, 1.165) is 36.3 Å². The summed E-state index contributed by atoms with van der Waals surface area (Å²) in [6.45, 7) is 6.08. The van der Waals surface area contributed by atoms with Crippen molar-refractivity contribution in [3.05, 3.63) is 54.5 Å². The van der Waals surface area contributed by atoms with E-state index in [-0.39, 0.29) is 5.82 Å². The lowest BCUT2D eigenvalue weighted by atomic mass is 9.92. The summed E-state index contributed by atoms with van der Waals surface area (Å²) in [4.78, 5) is 11.0. The minimum atomic E-state index is -0.256. The summed E-state index contributed by atoms with van der Waals surface area (Å²) in [6.07, 6.45) is 6.84. The van der Waals surface area contributed by atoms with Crippen LogP contribution in [0, 0.1) is 18.7 Å². The molecular weight excluding hydrogens is 303 g/mol. The van der Waals surface area contributed by atoms with Gasteiger partial charge in [0.05, 0.1) is 12.4 Å². The average molecular weight is 324 g/mol. The Morgan fingerprint density at radius 3 is 2.96 bits per heavy atom. The third-order valence-corrected chi connectivity index (χ3v) is 5.06. The lowest BCUT2D eigenvalue weighted by Gasteiger charge is -2.39. The maximum absolute atomic E-state index is 14.2. The molecule has 124 valence electrons. The van der Waals surface area contributed by atoms with Crippen molar-refractivity contribution in [3.63, 3.8) is 0 Å². The van der Waals surface area contributed by atoms with Crippen molar-refractivity contribution in [1.29, 1.82) is 0 Å². The first-order valence-corrected chi connectivity index (χ1v) is 8.42. The van der Waals surface area contributed by atoms with Crippen LogP contribution in [0.25, 0.3) is 10.9 Å². The van der Waals surface area contributed by atoms with E-state index in [1.807, 2.05) is 31.7 Å². The van der Waals surface area contributed by atoms with Gasteiger partial charge in [-0.1, -0.05) is 19.1 Å². The fraction of sp³-hybridized carbons (Fsp3) is 0.368. The fourth-order valence-corrected chi connectivity index (χ4v) is 3.70. The lowest BCUT2D eigenvalue weighted by molar-refractivity contribution is 0.299. The zero-order valence-corrected chi connectivity index (χ0v) is 14.0. The highest BCUT2D eigenvalue weighted by Gasteiger charge is 2.28. The summed E-state index contributed by atoms with van der Waals surface area (Å²) >= 11 is 0. The molecule has 0 aliphatic carbocycles. The molecule has 1 aromatic carbocycles. The topological polar surface area (TPSA) is 34.0 Å². The number of anilines is 1. The maximum Gasteiger partial charge on any atom is 0.149 e. The first kappa shape index (κ1) is 15.1. The van der Waals surface area contributed by atoms with Gasteiger partial charge in [0.15, 0.2) is 0 Å². The third-order valence-electron chi connectivity index (χ3n) is 5.06. The normalized spacial score (nSPS) is 21.4. The molecule has 1 aliphatic heterocycles. The molecule has 4 nitrogen and oxygen atoms in total. The van der Waals surface area contributed by atoms with E-state index in [1.54, 1.807) is 6.07 Å². The number of aryl methyl sites for hydroxylation is 1. The number of hydrogen-bond donors (Lipinski definition) is 0. The van der Waals surface area contributed by atoms with Gasteiger partial charge in [0.1, 0.15) is 11.3 Å². The fourth-order valence-electron chi connectivity index (χ4n) is 3.70. The molecule has 1 saturated heterocycles. The van der Waals surface area contributed by atoms with E-state index in [9.17, 15) is 4.39 Å². The molecule has 0 bridgehead atoms. The quantitative estimate of drug-likeness (QED) is 0.715. The molecule has 3 heterocycles. The summed E-state index contributed by atoms with van der Waals surface area (Å²) in [7, 11) is 0. The predicted molar refractivity (Wildman–Crippen MR) is 93.7 cm³/mol. The van der Waals surface area contributed by atoms with Crippen LogP contribution in [0.15, 0.2) is 43.0 Å². The Balaban J connectivity index is 1.76. The molecular formula is C19H21FN4. The van der Waals surface area contributed by atoms with Crippen LogP contribution in [0.2, 0.25) is 0 Å². The van der Waals surface area contributed by atoms with Gasteiger partial charge in [-0.25, -0.2) is 14.4 Å². The summed E-state index contributed by atoms with van der Waals surface area (Å²) in [5.74, 6) is 0.329. The smallest absolute Gasteiger partial charge is 0.149 e. The highest BCUT2D eigenvalue weighted by atomic mass is 19.1. The molecule has 2 aromatic heterocycles. The molecule has 1 aliphatic rings. The first-order chi connectivity index (χ1) is 11.6. The zero-order valence-electron chi connectivity index (χ0n) is 14.0. The molecule has 0 spiro atoms. The Bertz CT molecular complexity index is 859. The van der Waals surface area contributed by atoms with Crippen LogP contribution in [-0.4, -0.2) is 27.6 Å². The van der Waals surface area contributed by atoms with E-state index in [1.165, 1.54) is 6.07 Å². The number of benzene rings is 1. The van der Waals surface area contributed by atoms with Gasteiger partial charge in [0, 0.05) is 42.3 Å². The number of aromatic nitrogens is 3. The monoisotopic (exact) mass is 324 g/mol. The highest BCUT2D eigenvalue weighted by molar-refractivity contribution is 5.92. The van der Waals surface area contributed by atoms with E-state index in [2.05, 4.69) is 32.4 Å². The lowest BCUT2D eigenvalue weighted by Crippen LogP contribution is -2.40. The van der Waals surface area contributed by atoms with Crippen LogP contribution in [-0.2, 0) is 0 Å². The predicted octanol–water partition coefficient (Wildman–Crippen LogP) is 3.97. The molecule has 2 atom stereocenters. The van der Waals surface area contributed by atoms with Crippen LogP contribution < -0.4 is 4.90 Å². The van der Waals surface area contributed by atoms with E-state index >= 15 is 0 Å². The zero-order chi connectivity index (χ0) is 16.7. The molecule has 5 heteroatoms. The van der Waals surface area contributed by atoms with Crippen molar-refractivity contribution < 1.29 is 4.39 Å². The van der Waals surface area contributed by atoms with Crippen LogP contribution in [0.3, 0.4) is 0 Å². The maximum atomic E-state index is 14.2. The number of imidazole rings is 1. The molecule has 0 radical (unpaired) electrons. The molecule has 0 amide bonds. The van der Waals surface area contributed by atoms with Gasteiger partial charge in [0.25, 0.3) is 0 Å². The summed E-state index contributed by atoms with van der Waals surface area (Å²) in [5.41, 5.74) is 2.39. The Morgan fingerprint density at radius 1 is 1.29 bits per heavy atom. The number of hydrogen-bond acceptors (Lipinski definition) is 3. The van der Waals surface area contributed by atoms with Crippen LogP contribution in [0.1, 0.15) is 25.1 Å². The van der Waals surface area contributed by atoms with Gasteiger partial charge in [0.2, 0.25) is 0 Å². The van der Waals surface area contributed by atoms with Crippen LogP contribution >= 0.6 is 0 Å². The van der Waals surface area contributed by atoms with Crippen LogP contribution in [0.4, 0.5) is 10.1 Å². The summed E-state index contributed by atoms with van der Waals surface area (Å²) in [5, 5.41) is 0.888. The van der Waals surface area contributed by atoms with Crippen molar-refractivity contribution in [2.45, 2.75) is 26.3 Å². The number of para-hydroxylation sites is 1. The Kier molecular flexibility index (Phi) is 3.71. The third kappa shape index (κ3) is 2.54. The minimum absolute atomic E-state index is 0.256. The first-order valence-electron chi connectivity index (χ1n) is 8.42. The van der Waals surface area contributed by atoms with Gasteiger partial charge in [-0.05, 0) is 31.4 Å². The second kappa shape index (κ2) is 5.89. The Morgan fingerprint density at radius 2 is 2.17 bits per heavy atom. The van der Waals surface area contributed by atoms with Gasteiger partial charge in [-0.15, -0.1) is 0 Å². The van der Waals surface area contributed by atoms with Gasteiger partial charge < -0.3 is 9.47 Å². The Labute approximate surface area is 141 Å². The van der Waals surface area contributed by atoms with Crippen LogP contribution in [0.5, 0.6) is 0 Å². The van der Waals surface area contributed by atoms with E-state index in [4.69, 9.17) is 0 Å². The standard InChI is InChI=1S/C19H21FN4/c1-13-6-8-23(11-18(13)24-9-7-21-12-24)17-10-14(2)22-19-15(17)4-3-5-16(19)20/h3-5,7,9-10,12-13,18H,6,8,11H2,1-2H3. The number of nitrogens with zero attached hydrogens (tertiary/aromatic N) is 4. The van der Waals surface area contributed by atoms with Gasteiger partial charge in [-0.3, -0.25) is 0 Å². The minimum Gasteiger partial charge on any atom is -0.369 e. The number of piperidine rings is 1. The van der Waals surface area contributed by atoms with Crippen molar-refractivity contribution in [2.24, 2.45) is 5.92 Å². The number of fused-ring (bicyclic) bond motifs is 1. The second-order valence-electron chi connectivity index (χ2n) is 6.71. The van der Waals surface area contributed by atoms with Gasteiger partial charge >= 0.3 is 0 Å². The summed E-state index contributed by atoms with van der Waals surface area (Å²) < 4.78 is 16.4. The van der Waals surface area contributed by atoms with Gasteiger partial charge in [-0.2, -0.15) is 0 Å². The Hall–Kier alpha value is -2.43. The van der Waals surface area contributed by atoms with E-state index < -0.39 is 0 Å². The number of rotatable bonds is 2. The molecule has 2 unspecified atom stereocenters. The molecule has 0 N–H and O–H groups in total. The SMILES string of the molecule is Cc1cc(N2CCC(C)C(n3ccnc3)C2)c2cccc(F)c2n1. The highest BCUT2D eigenvalue weighted by Crippen LogP contribution is 2.34. The summed E-state index contributed by atoms with van der Waals surface area (Å²) in [6, 6.07) is 7.65. The molecule has 0 saturated carbocycles. The van der Waals surface area contributed by atoms with E-state index in [0.29, 0.717) is 17.5 Å². The number of halogens is 1. The van der Waals surface area contributed by atoms with Crippen molar-refractivity contribution in [2.75, 3.05) is 18.0 Å². The second-order valence-corrected chi connectivity index (χ2v) is 6.71. The molecule has 1 fully saturated rings.